The van der Waals surface area contributed by atoms with Crippen LogP contribution >= 0.6 is 0 Å². The molecule has 0 bridgehead atoms. The number of carbonyl (C=O) groups excluding carboxylic acids is 2. The number of amides is 2. The van der Waals surface area contributed by atoms with Gasteiger partial charge >= 0.3 is 0 Å². The van der Waals surface area contributed by atoms with Crippen LogP contribution in [0.25, 0.3) is 0 Å². The fourth-order valence-electron chi connectivity index (χ4n) is 2.37. The zero-order chi connectivity index (χ0) is 18.3. The van der Waals surface area contributed by atoms with Crippen LogP contribution in [0.2, 0.25) is 0 Å². The highest BCUT2D eigenvalue weighted by atomic mass is 16.2. The van der Waals surface area contributed by atoms with E-state index in [1.54, 1.807) is 0 Å². The molecule has 24 heavy (non-hydrogen) atoms. The first-order valence-electron chi connectivity index (χ1n) is 8.76. The van der Waals surface area contributed by atoms with E-state index >= 15 is 0 Å². The third-order valence-corrected chi connectivity index (χ3v) is 3.82. The molecule has 134 valence electrons. The van der Waals surface area contributed by atoms with E-state index in [0.717, 1.165) is 12.0 Å². The van der Waals surface area contributed by atoms with Gasteiger partial charge in [-0.25, -0.2) is 0 Å². The van der Waals surface area contributed by atoms with Gasteiger partial charge in [-0.2, -0.15) is 0 Å². The van der Waals surface area contributed by atoms with E-state index < -0.39 is 5.41 Å². The highest BCUT2D eigenvalue weighted by Crippen LogP contribution is 2.16. The molecule has 0 radical (unpaired) electrons. The summed E-state index contributed by atoms with van der Waals surface area (Å²) in [6.07, 6.45) is 1.35. The Morgan fingerprint density at radius 3 is 2.12 bits per heavy atom. The van der Waals surface area contributed by atoms with Crippen molar-refractivity contribution in [1.29, 1.82) is 0 Å². The van der Waals surface area contributed by atoms with E-state index in [4.69, 9.17) is 0 Å². The summed E-state index contributed by atoms with van der Waals surface area (Å²) in [5.74, 6) is 0.545. The van der Waals surface area contributed by atoms with E-state index in [1.807, 2.05) is 27.7 Å². The molecule has 4 heteroatoms. The van der Waals surface area contributed by atoms with Crippen molar-refractivity contribution in [1.82, 2.24) is 10.6 Å². The maximum atomic E-state index is 12.0. The fourth-order valence-corrected chi connectivity index (χ4v) is 2.37. The summed E-state index contributed by atoms with van der Waals surface area (Å²) in [5.41, 5.74) is 1.98. The molecule has 1 atom stereocenters. The van der Waals surface area contributed by atoms with Gasteiger partial charge in [0.05, 0.1) is 6.04 Å². The molecule has 0 saturated carbocycles. The van der Waals surface area contributed by atoms with E-state index in [2.05, 4.69) is 48.7 Å². The van der Waals surface area contributed by atoms with Crippen LogP contribution in [-0.2, 0) is 16.0 Å². The van der Waals surface area contributed by atoms with Crippen molar-refractivity contribution in [3.05, 3.63) is 35.4 Å². The number of hydrogen-bond acceptors (Lipinski definition) is 2. The maximum absolute atomic E-state index is 12.0. The quantitative estimate of drug-likeness (QED) is 0.801. The van der Waals surface area contributed by atoms with Crippen LogP contribution in [0.15, 0.2) is 24.3 Å². The lowest BCUT2D eigenvalue weighted by Crippen LogP contribution is -2.37. The zero-order valence-electron chi connectivity index (χ0n) is 15.9. The van der Waals surface area contributed by atoms with E-state index in [0.29, 0.717) is 12.5 Å². The van der Waals surface area contributed by atoms with Gasteiger partial charge in [-0.1, -0.05) is 58.9 Å². The van der Waals surface area contributed by atoms with Gasteiger partial charge in [-0.05, 0) is 30.4 Å². The van der Waals surface area contributed by atoms with Gasteiger partial charge in [-0.3, -0.25) is 9.59 Å². The minimum Gasteiger partial charge on any atom is -0.355 e. The molecular weight excluding hydrogens is 300 g/mol. The molecular formula is C20H32N2O2. The first-order valence-corrected chi connectivity index (χ1v) is 8.76. The molecule has 0 heterocycles. The lowest BCUT2D eigenvalue weighted by molar-refractivity contribution is -0.128. The molecule has 0 aliphatic carbocycles. The van der Waals surface area contributed by atoms with Crippen LogP contribution in [0.5, 0.6) is 0 Å². The van der Waals surface area contributed by atoms with Gasteiger partial charge < -0.3 is 10.6 Å². The molecule has 1 rings (SSSR count). The summed E-state index contributed by atoms with van der Waals surface area (Å²) in [5, 5.41) is 5.77. The SMILES string of the molecule is CC(C)Cc1ccc([C@@H](C)NC(=O)CCNC(=O)C(C)(C)C)cc1. The van der Waals surface area contributed by atoms with Crippen LogP contribution in [0.3, 0.4) is 0 Å². The number of nitrogens with one attached hydrogen (secondary N) is 2. The molecule has 0 aromatic heterocycles. The van der Waals surface area contributed by atoms with Gasteiger partial charge in [0.15, 0.2) is 0 Å². The Labute approximate surface area is 146 Å². The minimum atomic E-state index is -0.429. The van der Waals surface area contributed by atoms with Crippen molar-refractivity contribution in [3.8, 4) is 0 Å². The summed E-state index contributed by atoms with van der Waals surface area (Å²) < 4.78 is 0. The largest absolute Gasteiger partial charge is 0.355 e. The van der Waals surface area contributed by atoms with E-state index in [1.165, 1.54) is 5.56 Å². The number of carbonyl (C=O) groups is 2. The highest BCUT2D eigenvalue weighted by molar-refractivity contribution is 5.82. The maximum Gasteiger partial charge on any atom is 0.225 e. The second-order valence-corrected chi connectivity index (χ2v) is 7.88. The first kappa shape index (κ1) is 20.2. The van der Waals surface area contributed by atoms with Crippen LogP contribution < -0.4 is 10.6 Å². The van der Waals surface area contributed by atoms with Gasteiger partial charge in [0.2, 0.25) is 11.8 Å². The third-order valence-electron chi connectivity index (χ3n) is 3.82. The molecule has 1 aromatic carbocycles. The Morgan fingerprint density at radius 2 is 1.62 bits per heavy atom. The normalized spacial score (nSPS) is 12.8. The van der Waals surface area contributed by atoms with Gasteiger partial charge in [-0.15, -0.1) is 0 Å². The summed E-state index contributed by atoms with van der Waals surface area (Å²) in [4.78, 5) is 23.8. The Kier molecular flexibility index (Phi) is 7.46. The Bertz CT molecular complexity index is 542. The van der Waals surface area contributed by atoms with Crippen molar-refractivity contribution in [2.75, 3.05) is 6.54 Å². The molecule has 0 aliphatic heterocycles. The summed E-state index contributed by atoms with van der Waals surface area (Å²) >= 11 is 0. The Hall–Kier alpha value is -1.84. The predicted molar refractivity (Wildman–Crippen MR) is 98.6 cm³/mol. The van der Waals surface area contributed by atoms with Crippen molar-refractivity contribution >= 4 is 11.8 Å². The summed E-state index contributed by atoms with van der Waals surface area (Å²) in [6.45, 7) is 12.3. The topological polar surface area (TPSA) is 58.2 Å². The van der Waals surface area contributed by atoms with Crippen LogP contribution in [0.1, 0.15) is 65.1 Å². The zero-order valence-corrected chi connectivity index (χ0v) is 15.9. The van der Waals surface area contributed by atoms with Gasteiger partial charge in [0.1, 0.15) is 0 Å². The third kappa shape index (κ3) is 7.16. The minimum absolute atomic E-state index is 0.0379. The summed E-state index contributed by atoms with van der Waals surface area (Å²) in [6, 6.07) is 8.36. The van der Waals surface area contributed by atoms with E-state index in [-0.39, 0.29) is 24.3 Å². The molecule has 0 aliphatic rings. The number of rotatable bonds is 7. The first-order chi connectivity index (χ1) is 11.1. The second-order valence-electron chi connectivity index (χ2n) is 7.88. The van der Waals surface area contributed by atoms with Gasteiger partial charge in [0.25, 0.3) is 0 Å². The number of benzene rings is 1. The molecule has 0 spiro atoms. The molecule has 0 saturated heterocycles. The predicted octanol–water partition coefficient (Wildman–Crippen LogP) is 3.61. The lowest BCUT2D eigenvalue weighted by atomic mass is 9.96. The molecule has 2 N–H and O–H groups in total. The monoisotopic (exact) mass is 332 g/mol. The van der Waals surface area contributed by atoms with E-state index in [9.17, 15) is 9.59 Å². The Morgan fingerprint density at radius 1 is 1.04 bits per heavy atom. The lowest BCUT2D eigenvalue weighted by Gasteiger charge is -2.18. The second kappa shape index (κ2) is 8.86. The molecule has 1 aromatic rings. The molecule has 0 fully saturated rings. The van der Waals surface area contributed by atoms with Crippen LogP contribution in [0.4, 0.5) is 0 Å². The van der Waals surface area contributed by atoms with Gasteiger partial charge in [0, 0.05) is 18.4 Å². The van der Waals surface area contributed by atoms with Crippen molar-refractivity contribution in [2.24, 2.45) is 11.3 Å². The average Bonchev–Trinajstić information content (AvgIpc) is 2.46. The smallest absolute Gasteiger partial charge is 0.225 e. The van der Waals surface area contributed by atoms with Crippen molar-refractivity contribution in [3.63, 3.8) is 0 Å². The fraction of sp³-hybridized carbons (Fsp3) is 0.600. The molecule has 2 amide bonds. The molecule has 4 nitrogen and oxygen atoms in total. The summed E-state index contributed by atoms with van der Waals surface area (Å²) in [7, 11) is 0. The van der Waals surface area contributed by atoms with Crippen LogP contribution in [0, 0.1) is 11.3 Å². The average molecular weight is 332 g/mol. The standard InChI is InChI=1S/C20H32N2O2/c1-14(2)13-16-7-9-17(10-8-16)15(3)22-18(23)11-12-21-19(24)20(4,5)6/h7-10,14-15H,11-13H2,1-6H3,(H,21,24)(H,22,23)/t15-/m1/s1. The number of hydrogen-bond donors (Lipinski definition) is 2. The van der Waals surface area contributed by atoms with Crippen LogP contribution in [-0.4, -0.2) is 18.4 Å². The molecule has 0 unspecified atom stereocenters. The Balaban J connectivity index is 2.42. The highest BCUT2D eigenvalue weighted by Gasteiger charge is 2.20. The van der Waals surface area contributed by atoms with Crippen molar-refractivity contribution in [2.45, 2.75) is 60.4 Å². The van der Waals surface area contributed by atoms with Crippen molar-refractivity contribution < 1.29 is 9.59 Å².